The number of hydrogen-bond acceptors (Lipinski definition) is 4. The maximum Gasteiger partial charge on any atom is 0.296 e. The van der Waals surface area contributed by atoms with E-state index >= 15 is 0 Å². The van der Waals surface area contributed by atoms with Crippen LogP contribution in [0.3, 0.4) is 0 Å². The molecule has 0 saturated carbocycles. The van der Waals surface area contributed by atoms with Crippen LogP contribution < -0.4 is 5.73 Å². The van der Waals surface area contributed by atoms with Crippen LogP contribution in [0, 0.1) is 0 Å². The van der Waals surface area contributed by atoms with Crippen molar-refractivity contribution in [1.29, 1.82) is 0 Å². The van der Waals surface area contributed by atoms with Gasteiger partial charge in [-0.1, -0.05) is 18.2 Å². The summed E-state index contributed by atoms with van der Waals surface area (Å²) in [4.78, 5) is -0.326. The predicted molar refractivity (Wildman–Crippen MR) is 67.8 cm³/mol. The molecule has 2 aromatic rings. The van der Waals surface area contributed by atoms with Gasteiger partial charge in [0.1, 0.15) is 10.6 Å². The average molecular weight is 265 g/mol. The minimum absolute atomic E-state index is 0.0139. The fourth-order valence-corrected chi connectivity index (χ4v) is 2.23. The third-order valence-electron chi connectivity index (χ3n) is 2.49. The molecule has 0 atom stereocenters. The van der Waals surface area contributed by atoms with Crippen LogP contribution in [-0.4, -0.2) is 18.1 Å². The summed E-state index contributed by atoms with van der Waals surface area (Å²) in [6, 6.07) is 10.6. The first-order chi connectivity index (χ1) is 8.38. The summed E-state index contributed by atoms with van der Waals surface area (Å²) in [7, 11) is -4.35. The second-order valence-corrected chi connectivity index (χ2v) is 5.16. The maximum absolute atomic E-state index is 11.1. The van der Waals surface area contributed by atoms with Crippen molar-refractivity contribution >= 4 is 15.8 Å². The Morgan fingerprint density at radius 1 is 0.944 bits per heavy atom. The minimum Gasteiger partial charge on any atom is -0.508 e. The number of rotatable bonds is 2. The summed E-state index contributed by atoms with van der Waals surface area (Å²) in [6.45, 7) is 0. The third kappa shape index (κ3) is 2.44. The van der Waals surface area contributed by atoms with Crippen molar-refractivity contribution < 1.29 is 18.1 Å². The molecular formula is C12H11NO4S. The van der Waals surface area contributed by atoms with Crippen LogP contribution in [-0.2, 0) is 10.1 Å². The molecule has 0 amide bonds. The molecule has 0 aliphatic rings. The Morgan fingerprint density at radius 2 is 1.50 bits per heavy atom. The number of phenolic OH excluding ortho intramolecular Hbond substituents is 1. The lowest BCUT2D eigenvalue weighted by molar-refractivity contribution is 0.475. The first-order valence-corrected chi connectivity index (χ1v) is 6.48. The van der Waals surface area contributed by atoms with Crippen molar-refractivity contribution in [2.24, 2.45) is 0 Å². The molecule has 94 valence electrons. The van der Waals surface area contributed by atoms with Crippen LogP contribution in [0.1, 0.15) is 0 Å². The first-order valence-electron chi connectivity index (χ1n) is 5.04. The van der Waals surface area contributed by atoms with Crippen LogP contribution in [0.15, 0.2) is 47.4 Å². The quantitative estimate of drug-likeness (QED) is 0.568. The van der Waals surface area contributed by atoms with Crippen molar-refractivity contribution in [3.8, 4) is 16.9 Å². The Kier molecular flexibility index (Phi) is 2.98. The zero-order chi connectivity index (χ0) is 13.3. The molecule has 0 aliphatic heterocycles. The summed E-state index contributed by atoms with van der Waals surface area (Å²) < 4.78 is 31.3. The van der Waals surface area contributed by atoms with Crippen molar-refractivity contribution in [2.45, 2.75) is 4.90 Å². The Balaban J connectivity index is 2.57. The predicted octanol–water partition coefficient (Wildman–Crippen LogP) is 1.89. The molecule has 2 rings (SSSR count). The van der Waals surface area contributed by atoms with E-state index in [1.54, 1.807) is 18.2 Å². The SMILES string of the molecule is Nc1ccc(-c2ccc(O)cc2)cc1S(=O)(=O)O. The normalized spacial score (nSPS) is 11.4. The Labute approximate surface area is 104 Å². The minimum atomic E-state index is -4.35. The van der Waals surface area contributed by atoms with Gasteiger partial charge in [-0.25, -0.2) is 0 Å². The van der Waals surface area contributed by atoms with Crippen molar-refractivity contribution in [3.63, 3.8) is 0 Å². The molecule has 4 N–H and O–H groups in total. The van der Waals surface area contributed by atoms with Gasteiger partial charge in [0.05, 0.1) is 5.69 Å². The largest absolute Gasteiger partial charge is 0.508 e. The molecule has 0 aliphatic carbocycles. The lowest BCUT2D eigenvalue weighted by Crippen LogP contribution is -2.03. The third-order valence-corrected chi connectivity index (χ3v) is 3.40. The number of hydrogen-bond donors (Lipinski definition) is 3. The molecular weight excluding hydrogens is 254 g/mol. The van der Waals surface area contributed by atoms with Gasteiger partial charge >= 0.3 is 0 Å². The highest BCUT2D eigenvalue weighted by Gasteiger charge is 2.14. The number of nitrogens with two attached hydrogens (primary N) is 1. The van der Waals surface area contributed by atoms with Gasteiger partial charge < -0.3 is 10.8 Å². The number of phenols is 1. The topological polar surface area (TPSA) is 101 Å². The van der Waals surface area contributed by atoms with Gasteiger partial charge in [0.2, 0.25) is 0 Å². The molecule has 0 aromatic heterocycles. The van der Waals surface area contributed by atoms with Crippen LogP contribution in [0.4, 0.5) is 5.69 Å². The summed E-state index contributed by atoms with van der Waals surface area (Å²) in [6.07, 6.45) is 0. The smallest absolute Gasteiger partial charge is 0.296 e. The molecule has 18 heavy (non-hydrogen) atoms. The van der Waals surface area contributed by atoms with E-state index in [2.05, 4.69) is 0 Å². The Hall–Kier alpha value is -2.05. The molecule has 0 radical (unpaired) electrons. The molecule has 0 saturated heterocycles. The molecule has 0 unspecified atom stereocenters. The van der Waals surface area contributed by atoms with Crippen LogP contribution in [0.2, 0.25) is 0 Å². The highest BCUT2D eigenvalue weighted by Crippen LogP contribution is 2.27. The summed E-state index contributed by atoms with van der Waals surface area (Å²) >= 11 is 0. The van der Waals surface area contributed by atoms with Gasteiger partial charge in [-0.15, -0.1) is 0 Å². The Morgan fingerprint density at radius 3 is 2.06 bits per heavy atom. The second kappa shape index (κ2) is 4.32. The van der Waals surface area contributed by atoms with Gasteiger partial charge in [0, 0.05) is 0 Å². The average Bonchev–Trinajstić information content (AvgIpc) is 2.29. The van der Waals surface area contributed by atoms with E-state index in [1.165, 1.54) is 24.3 Å². The molecule has 0 spiro atoms. The second-order valence-electron chi connectivity index (χ2n) is 3.77. The van der Waals surface area contributed by atoms with E-state index < -0.39 is 10.1 Å². The number of aromatic hydroxyl groups is 1. The monoisotopic (exact) mass is 265 g/mol. The maximum atomic E-state index is 11.1. The standard InChI is InChI=1S/C12H11NO4S/c13-11-6-3-9(7-12(11)18(15,16)17)8-1-4-10(14)5-2-8/h1-7,14H,13H2,(H,15,16,17). The summed E-state index contributed by atoms with van der Waals surface area (Å²) in [5, 5.41) is 9.18. The fraction of sp³-hybridized carbons (Fsp3) is 0. The van der Waals surface area contributed by atoms with E-state index in [-0.39, 0.29) is 16.3 Å². The highest BCUT2D eigenvalue weighted by atomic mass is 32.2. The molecule has 6 heteroatoms. The lowest BCUT2D eigenvalue weighted by Gasteiger charge is -2.06. The van der Waals surface area contributed by atoms with Gasteiger partial charge in [-0.05, 0) is 35.4 Å². The lowest BCUT2D eigenvalue weighted by atomic mass is 10.1. The van der Waals surface area contributed by atoms with Crippen LogP contribution in [0.5, 0.6) is 5.75 Å². The van der Waals surface area contributed by atoms with Crippen molar-refractivity contribution in [2.75, 3.05) is 5.73 Å². The van der Waals surface area contributed by atoms with Gasteiger partial charge in [-0.3, -0.25) is 4.55 Å². The molecule has 0 fully saturated rings. The van der Waals surface area contributed by atoms with E-state index in [0.29, 0.717) is 11.1 Å². The van der Waals surface area contributed by atoms with E-state index in [0.717, 1.165) is 0 Å². The molecule has 0 bridgehead atoms. The summed E-state index contributed by atoms with van der Waals surface area (Å²) in [5.74, 6) is 0.115. The Bertz CT molecular complexity index is 678. The highest BCUT2D eigenvalue weighted by molar-refractivity contribution is 7.86. The first kappa shape index (κ1) is 12.4. The molecule has 5 nitrogen and oxygen atoms in total. The number of anilines is 1. The zero-order valence-corrected chi connectivity index (χ0v) is 10.1. The van der Waals surface area contributed by atoms with Gasteiger partial charge in [0.25, 0.3) is 10.1 Å². The van der Waals surface area contributed by atoms with Crippen molar-refractivity contribution in [3.05, 3.63) is 42.5 Å². The van der Waals surface area contributed by atoms with Gasteiger partial charge in [0.15, 0.2) is 0 Å². The van der Waals surface area contributed by atoms with Crippen LogP contribution >= 0.6 is 0 Å². The number of benzene rings is 2. The van der Waals surface area contributed by atoms with E-state index in [4.69, 9.17) is 10.3 Å². The van der Waals surface area contributed by atoms with E-state index in [1.807, 2.05) is 0 Å². The van der Waals surface area contributed by atoms with E-state index in [9.17, 15) is 13.5 Å². The van der Waals surface area contributed by atoms with Crippen LogP contribution in [0.25, 0.3) is 11.1 Å². The molecule has 0 heterocycles. The van der Waals surface area contributed by atoms with Crippen molar-refractivity contribution in [1.82, 2.24) is 0 Å². The molecule has 2 aromatic carbocycles. The zero-order valence-electron chi connectivity index (χ0n) is 9.24. The summed E-state index contributed by atoms with van der Waals surface area (Å²) in [5.41, 5.74) is 6.77. The fourth-order valence-electron chi connectivity index (χ4n) is 1.59. The van der Waals surface area contributed by atoms with Gasteiger partial charge in [-0.2, -0.15) is 8.42 Å². The number of nitrogen functional groups attached to an aromatic ring is 1.